The van der Waals surface area contributed by atoms with E-state index in [0.29, 0.717) is 0 Å². The van der Waals surface area contributed by atoms with Crippen LogP contribution in [0.2, 0.25) is 0 Å². The lowest BCUT2D eigenvalue weighted by molar-refractivity contribution is 0.669. The first-order valence-electron chi connectivity index (χ1n) is 14.6. The summed E-state index contributed by atoms with van der Waals surface area (Å²) in [5.74, 6) is 0. The number of nitrogen functional groups attached to an aromatic ring is 1. The molecule has 2 N–H and O–H groups in total. The average molecular weight is 551 g/mol. The molecule has 3 nitrogen and oxygen atoms in total. The minimum Gasteiger partial charge on any atom is -0.456 e. The fourth-order valence-corrected chi connectivity index (χ4v) is 6.72. The van der Waals surface area contributed by atoms with E-state index in [-0.39, 0.29) is 0 Å². The fourth-order valence-electron chi connectivity index (χ4n) is 6.72. The van der Waals surface area contributed by atoms with Crippen LogP contribution in [0.15, 0.2) is 150 Å². The highest BCUT2D eigenvalue weighted by Gasteiger charge is 2.17. The van der Waals surface area contributed by atoms with Crippen LogP contribution in [0.5, 0.6) is 0 Å². The summed E-state index contributed by atoms with van der Waals surface area (Å²) < 4.78 is 8.50. The molecule has 9 aromatic rings. The Morgan fingerprint density at radius 3 is 2.00 bits per heavy atom. The molecular weight excluding hydrogens is 524 g/mol. The second-order valence-corrected chi connectivity index (χ2v) is 11.2. The highest BCUT2D eigenvalue weighted by molar-refractivity contribution is 6.22. The molecule has 3 heteroatoms. The van der Waals surface area contributed by atoms with Crippen LogP contribution < -0.4 is 5.73 Å². The van der Waals surface area contributed by atoms with Gasteiger partial charge < -0.3 is 14.7 Å². The van der Waals surface area contributed by atoms with Gasteiger partial charge in [-0.25, -0.2) is 0 Å². The summed E-state index contributed by atoms with van der Waals surface area (Å²) in [6, 6.07) is 51.7. The molecule has 7 aromatic carbocycles. The van der Waals surface area contributed by atoms with Crippen molar-refractivity contribution in [1.29, 1.82) is 0 Å². The second-order valence-electron chi connectivity index (χ2n) is 11.2. The number of hydrogen-bond donors (Lipinski definition) is 1. The highest BCUT2D eigenvalue weighted by atomic mass is 16.3. The van der Waals surface area contributed by atoms with E-state index in [1.165, 1.54) is 43.7 Å². The zero-order valence-corrected chi connectivity index (χ0v) is 23.3. The van der Waals surface area contributed by atoms with Crippen molar-refractivity contribution < 1.29 is 4.42 Å². The van der Waals surface area contributed by atoms with Crippen LogP contribution in [-0.4, -0.2) is 4.57 Å². The molecule has 2 aromatic heterocycles. The van der Waals surface area contributed by atoms with Crippen LogP contribution >= 0.6 is 0 Å². The van der Waals surface area contributed by atoms with Gasteiger partial charge in [0.15, 0.2) is 0 Å². The number of anilines is 1. The molecule has 0 aliphatic carbocycles. The molecule has 0 spiro atoms. The van der Waals surface area contributed by atoms with Gasteiger partial charge in [0, 0.05) is 27.5 Å². The minimum absolute atomic E-state index is 0.733. The van der Waals surface area contributed by atoms with Crippen LogP contribution in [0.25, 0.3) is 82.5 Å². The van der Waals surface area contributed by atoms with E-state index in [4.69, 9.17) is 10.2 Å². The second kappa shape index (κ2) is 9.10. The van der Waals surface area contributed by atoms with Crippen LogP contribution in [0.3, 0.4) is 0 Å². The van der Waals surface area contributed by atoms with Crippen molar-refractivity contribution in [3.05, 3.63) is 146 Å². The van der Waals surface area contributed by atoms with Crippen LogP contribution in [0, 0.1) is 0 Å². The Morgan fingerprint density at radius 2 is 1.14 bits per heavy atom. The average Bonchev–Trinajstić information content (AvgIpc) is 3.61. The van der Waals surface area contributed by atoms with Gasteiger partial charge in [0.25, 0.3) is 0 Å². The quantitative estimate of drug-likeness (QED) is 0.222. The molecule has 0 unspecified atom stereocenters. The first kappa shape index (κ1) is 23.9. The summed E-state index contributed by atoms with van der Waals surface area (Å²) in [6.07, 6.45) is 0. The zero-order valence-electron chi connectivity index (χ0n) is 23.3. The number of benzene rings is 7. The normalized spacial score (nSPS) is 11.8. The number of nitrogens with two attached hydrogens (primary N) is 1. The van der Waals surface area contributed by atoms with Crippen molar-refractivity contribution in [2.75, 3.05) is 5.73 Å². The molecule has 202 valence electrons. The van der Waals surface area contributed by atoms with E-state index < -0.39 is 0 Å². The Balaban J connectivity index is 1.28. The third kappa shape index (κ3) is 3.62. The summed E-state index contributed by atoms with van der Waals surface area (Å²) in [5, 5.41) is 7.00. The van der Waals surface area contributed by atoms with Crippen LogP contribution in [0.1, 0.15) is 0 Å². The Labute approximate surface area is 248 Å². The lowest BCUT2D eigenvalue weighted by atomic mass is 9.99. The van der Waals surface area contributed by atoms with Gasteiger partial charge in [-0.2, -0.15) is 0 Å². The Bertz CT molecular complexity index is 2500. The summed E-state index contributed by atoms with van der Waals surface area (Å²) in [6.45, 7) is 0. The predicted molar refractivity (Wildman–Crippen MR) is 181 cm³/mol. The fraction of sp³-hybridized carbons (Fsp3) is 0. The van der Waals surface area contributed by atoms with E-state index in [1.807, 2.05) is 18.2 Å². The van der Waals surface area contributed by atoms with Gasteiger partial charge >= 0.3 is 0 Å². The largest absolute Gasteiger partial charge is 0.456 e. The van der Waals surface area contributed by atoms with Crippen LogP contribution in [-0.2, 0) is 0 Å². The van der Waals surface area contributed by atoms with E-state index >= 15 is 0 Å². The van der Waals surface area contributed by atoms with Crippen molar-refractivity contribution in [1.82, 2.24) is 4.57 Å². The molecule has 0 bridgehead atoms. The van der Waals surface area contributed by atoms with E-state index in [1.54, 1.807) is 0 Å². The maximum atomic E-state index is 6.38. The summed E-state index contributed by atoms with van der Waals surface area (Å²) in [7, 11) is 0. The van der Waals surface area contributed by atoms with Crippen molar-refractivity contribution in [3.63, 3.8) is 0 Å². The SMILES string of the molecule is Nc1cccc2oc3ccc(-c4ccc5c(c4)c4c6ccccc6ccc4n5-c4ccc(-c5ccccc5)cc4)cc3c12. The molecule has 0 saturated carbocycles. The number of fused-ring (bicyclic) bond motifs is 8. The van der Waals surface area contributed by atoms with Gasteiger partial charge in [-0.15, -0.1) is 0 Å². The maximum Gasteiger partial charge on any atom is 0.137 e. The highest BCUT2D eigenvalue weighted by Crippen LogP contribution is 2.40. The molecule has 0 aliphatic heterocycles. The van der Waals surface area contributed by atoms with Crippen molar-refractivity contribution in [2.24, 2.45) is 0 Å². The number of aromatic nitrogens is 1. The smallest absolute Gasteiger partial charge is 0.137 e. The number of nitrogens with zero attached hydrogens (tertiary/aromatic N) is 1. The first-order chi connectivity index (χ1) is 21.2. The van der Waals surface area contributed by atoms with E-state index in [9.17, 15) is 0 Å². The van der Waals surface area contributed by atoms with Crippen molar-refractivity contribution >= 4 is 60.2 Å². The molecule has 43 heavy (non-hydrogen) atoms. The molecule has 0 amide bonds. The third-order valence-corrected chi connectivity index (χ3v) is 8.75. The monoisotopic (exact) mass is 550 g/mol. The Kier molecular flexibility index (Phi) is 5.05. The number of hydrogen-bond acceptors (Lipinski definition) is 2. The zero-order chi connectivity index (χ0) is 28.5. The standard InChI is InChI=1S/C40H26N2O/c41-34-11-6-12-38-40(34)33-24-29(17-22-37(33)43-38)28-16-20-35-32(23-28)39-31-10-5-4-9-27(31)15-21-36(39)42(35)30-18-13-26(14-19-30)25-7-2-1-3-8-25/h1-24H,41H2. The van der Waals surface area contributed by atoms with Gasteiger partial charge in [0.1, 0.15) is 11.2 Å². The summed E-state index contributed by atoms with van der Waals surface area (Å²) >= 11 is 0. The first-order valence-corrected chi connectivity index (χ1v) is 14.6. The van der Waals surface area contributed by atoms with E-state index in [2.05, 4.69) is 132 Å². The van der Waals surface area contributed by atoms with Gasteiger partial charge in [-0.3, -0.25) is 0 Å². The lowest BCUT2D eigenvalue weighted by Gasteiger charge is -2.10. The van der Waals surface area contributed by atoms with Gasteiger partial charge in [-0.05, 0) is 87.6 Å². The van der Waals surface area contributed by atoms with Crippen LogP contribution in [0.4, 0.5) is 5.69 Å². The van der Waals surface area contributed by atoms with Gasteiger partial charge in [0.2, 0.25) is 0 Å². The summed E-state index contributed by atoms with van der Waals surface area (Å²) in [5.41, 5.74) is 17.0. The molecule has 0 aliphatic rings. The molecule has 2 heterocycles. The third-order valence-electron chi connectivity index (χ3n) is 8.75. The molecule has 0 fully saturated rings. The Hall–Kier alpha value is -5.80. The minimum atomic E-state index is 0.733. The molecule has 0 saturated heterocycles. The number of furan rings is 1. The lowest BCUT2D eigenvalue weighted by Crippen LogP contribution is -1.94. The topological polar surface area (TPSA) is 44.1 Å². The molecule has 9 rings (SSSR count). The number of rotatable bonds is 3. The van der Waals surface area contributed by atoms with Crippen molar-refractivity contribution in [3.8, 4) is 27.9 Å². The predicted octanol–water partition coefficient (Wildman–Crippen LogP) is 10.8. The van der Waals surface area contributed by atoms with Gasteiger partial charge in [-0.1, -0.05) is 91.0 Å². The van der Waals surface area contributed by atoms with Crippen molar-refractivity contribution in [2.45, 2.75) is 0 Å². The Morgan fingerprint density at radius 1 is 0.442 bits per heavy atom. The molecular formula is C40H26N2O. The molecule has 0 radical (unpaired) electrons. The van der Waals surface area contributed by atoms with E-state index in [0.717, 1.165) is 44.4 Å². The molecule has 0 atom stereocenters. The maximum absolute atomic E-state index is 6.38. The van der Waals surface area contributed by atoms with Gasteiger partial charge in [0.05, 0.1) is 16.4 Å². The summed E-state index contributed by atoms with van der Waals surface area (Å²) in [4.78, 5) is 0.